The van der Waals surface area contributed by atoms with E-state index in [4.69, 9.17) is 0 Å². The fourth-order valence-electron chi connectivity index (χ4n) is 3.14. The van der Waals surface area contributed by atoms with Crippen molar-refractivity contribution in [2.45, 2.75) is 19.4 Å². The molecular formula is C17H18N6OS. The first-order chi connectivity index (χ1) is 12.3. The van der Waals surface area contributed by atoms with Crippen LogP contribution in [-0.4, -0.2) is 36.6 Å². The van der Waals surface area contributed by atoms with Gasteiger partial charge in [0, 0.05) is 43.7 Å². The van der Waals surface area contributed by atoms with Crippen LogP contribution in [0, 0.1) is 5.92 Å². The van der Waals surface area contributed by atoms with Gasteiger partial charge in [0.05, 0.1) is 23.6 Å². The predicted octanol–water partition coefficient (Wildman–Crippen LogP) is 2.07. The molecule has 0 atom stereocenters. The third-order valence-electron chi connectivity index (χ3n) is 4.56. The first-order valence-corrected chi connectivity index (χ1v) is 9.04. The Bertz CT molecular complexity index is 872. The summed E-state index contributed by atoms with van der Waals surface area (Å²) in [4.78, 5) is 18.5. The monoisotopic (exact) mass is 354 g/mol. The maximum Gasteiger partial charge on any atom is 0.266 e. The highest BCUT2D eigenvalue weighted by Crippen LogP contribution is 2.23. The third-order valence-corrected chi connectivity index (χ3v) is 5.03. The summed E-state index contributed by atoms with van der Waals surface area (Å²) in [5, 5.41) is 4.55. The minimum Gasteiger partial charge on any atom is -0.354 e. The molecule has 0 aliphatic carbocycles. The van der Waals surface area contributed by atoms with Crippen molar-refractivity contribution < 1.29 is 0 Å². The summed E-state index contributed by atoms with van der Waals surface area (Å²) in [7, 11) is 0. The van der Waals surface area contributed by atoms with E-state index in [1.54, 1.807) is 29.2 Å². The summed E-state index contributed by atoms with van der Waals surface area (Å²) >= 11 is 1.24. The van der Waals surface area contributed by atoms with Gasteiger partial charge in [-0.25, -0.2) is 4.68 Å². The van der Waals surface area contributed by atoms with Gasteiger partial charge < -0.3 is 4.90 Å². The van der Waals surface area contributed by atoms with Crippen LogP contribution >= 0.6 is 11.7 Å². The quantitative estimate of drug-likeness (QED) is 0.714. The summed E-state index contributed by atoms with van der Waals surface area (Å²) < 4.78 is 9.95. The van der Waals surface area contributed by atoms with Crippen LogP contribution in [-0.2, 0) is 6.54 Å². The first kappa shape index (κ1) is 15.9. The van der Waals surface area contributed by atoms with E-state index in [9.17, 15) is 4.79 Å². The van der Waals surface area contributed by atoms with Gasteiger partial charge in [-0.3, -0.25) is 9.78 Å². The maximum atomic E-state index is 12.2. The molecule has 1 fully saturated rings. The van der Waals surface area contributed by atoms with Crippen molar-refractivity contribution in [1.29, 1.82) is 0 Å². The SMILES string of the molecule is O=c1ccc(-c2ccncc2)nn1CC1CCN(c2cnsn2)CC1. The van der Waals surface area contributed by atoms with E-state index in [2.05, 4.69) is 23.7 Å². The molecule has 0 spiro atoms. The number of pyridine rings is 1. The minimum absolute atomic E-state index is 0.0519. The lowest BCUT2D eigenvalue weighted by Crippen LogP contribution is -2.37. The average Bonchev–Trinajstić information content (AvgIpc) is 3.20. The Balaban J connectivity index is 1.45. The molecule has 0 amide bonds. The summed E-state index contributed by atoms with van der Waals surface area (Å²) in [6.45, 7) is 2.53. The summed E-state index contributed by atoms with van der Waals surface area (Å²) in [6, 6.07) is 7.17. The van der Waals surface area contributed by atoms with Gasteiger partial charge in [0.1, 0.15) is 0 Å². The molecule has 3 aromatic rings. The summed E-state index contributed by atoms with van der Waals surface area (Å²) in [5.41, 5.74) is 1.71. The second-order valence-corrected chi connectivity index (χ2v) is 6.73. The molecule has 0 bridgehead atoms. The molecule has 25 heavy (non-hydrogen) atoms. The van der Waals surface area contributed by atoms with E-state index in [0.717, 1.165) is 43.0 Å². The van der Waals surface area contributed by atoms with Crippen LogP contribution in [0.15, 0.2) is 47.7 Å². The van der Waals surface area contributed by atoms with Gasteiger partial charge in [-0.2, -0.15) is 13.8 Å². The van der Waals surface area contributed by atoms with Crippen LogP contribution in [0.5, 0.6) is 0 Å². The van der Waals surface area contributed by atoms with E-state index in [1.807, 2.05) is 18.3 Å². The van der Waals surface area contributed by atoms with Crippen LogP contribution < -0.4 is 10.5 Å². The maximum absolute atomic E-state index is 12.2. The predicted molar refractivity (Wildman–Crippen MR) is 96.6 cm³/mol. The smallest absolute Gasteiger partial charge is 0.266 e. The standard InChI is InChI=1S/C17H18N6OS/c24-17-2-1-15(14-3-7-18-8-4-14)20-23(17)12-13-5-9-22(10-6-13)16-11-19-25-21-16/h1-4,7-8,11,13H,5-6,9-10,12H2. The lowest BCUT2D eigenvalue weighted by molar-refractivity contribution is 0.335. The van der Waals surface area contributed by atoms with E-state index >= 15 is 0 Å². The zero-order chi connectivity index (χ0) is 17.1. The van der Waals surface area contributed by atoms with Crippen LogP contribution in [0.1, 0.15) is 12.8 Å². The average molecular weight is 354 g/mol. The van der Waals surface area contributed by atoms with Crippen molar-refractivity contribution in [3.05, 3.63) is 53.2 Å². The van der Waals surface area contributed by atoms with Crippen molar-refractivity contribution in [3.63, 3.8) is 0 Å². The van der Waals surface area contributed by atoms with E-state index in [0.29, 0.717) is 12.5 Å². The van der Waals surface area contributed by atoms with Crippen molar-refractivity contribution in [3.8, 4) is 11.3 Å². The molecule has 1 saturated heterocycles. The Hall–Kier alpha value is -2.61. The second-order valence-electron chi connectivity index (χ2n) is 6.17. The van der Waals surface area contributed by atoms with E-state index in [1.165, 1.54) is 11.7 Å². The fraction of sp³-hybridized carbons (Fsp3) is 0.353. The van der Waals surface area contributed by atoms with Crippen LogP contribution in [0.2, 0.25) is 0 Å². The zero-order valence-corrected chi connectivity index (χ0v) is 14.5. The topological polar surface area (TPSA) is 76.8 Å². The lowest BCUT2D eigenvalue weighted by Gasteiger charge is -2.31. The molecule has 0 aromatic carbocycles. The molecule has 4 rings (SSSR count). The number of hydrogen-bond acceptors (Lipinski definition) is 7. The summed E-state index contributed by atoms with van der Waals surface area (Å²) in [5.74, 6) is 1.40. The van der Waals surface area contributed by atoms with Crippen molar-refractivity contribution >= 4 is 17.5 Å². The number of hydrogen-bond donors (Lipinski definition) is 0. The van der Waals surface area contributed by atoms with Crippen LogP contribution in [0.4, 0.5) is 5.82 Å². The Kier molecular flexibility index (Phi) is 4.51. The Labute approximate surface area is 149 Å². The first-order valence-electron chi connectivity index (χ1n) is 8.31. The molecular weight excluding hydrogens is 336 g/mol. The fourth-order valence-corrected chi connectivity index (χ4v) is 3.58. The molecule has 0 N–H and O–H groups in total. The normalized spacial score (nSPS) is 15.4. The second kappa shape index (κ2) is 7.10. The van der Waals surface area contributed by atoms with E-state index < -0.39 is 0 Å². The van der Waals surface area contributed by atoms with Gasteiger partial charge in [0.15, 0.2) is 5.82 Å². The van der Waals surface area contributed by atoms with Gasteiger partial charge >= 0.3 is 0 Å². The Morgan fingerprint density at radius 3 is 2.64 bits per heavy atom. The van der Waals surface area contributed by atoms with Crippen LogP contribution in [0.3, 0.4) is 0 Å². The Morgan fingerprint density at radius 1 is 1.12 bits per heavy atom. The Morgan fingerprint density at radius 2 is 1.92 bits per heavy atom. The molecule has 3 aromatic heterocycles. The number of rotatable bonds is 4. The van der Waals surface area contributed by atoms with Gasteiger partial charge in [-0.15, -0.1) is 0 Å². The molecule has 0 saturated carbocycles. The largest absolute Gasteiger partial charge is 0.354 e. The molecule has 1 aliphatic rings. The molecule has 0 radical (unpaired) electrons. The molecule has 128 valence electrons. The van der Waals surface area contributed by atoms with Gasteiger partial charge in [0.2, 0.25) is 0 Å². The number of anilines is 1. The molecule has 8 heteroatoms. The lowest BCUT2D eigenvalue weighted by atomic mass is 9.97. The highest BCUT2D eigenvalue weighted by Gasteiger charge is 2.21. The van der Waals surface area contributed by atoms with Crippen molar-refractivity contribution in [1.82, 2.24) is 23.5 Å². The minimum atomic E-state index is -0.0519. The number of nitrogens with zero attached hydrogens (tertiary/aromatic N) is 6. The van der Waals surface area contributed by atoms with Gasteiger partial charge in [-0.05, 0) is 37.0 Å². The molecule has 7 nitrogen and oxygen atoms in total. The van der Waals surface area contributed by atoms with Crippen LogP contribution in [0.25, 0.3) is 11.3 Å². The van der Waals surface area contributed by atoms with Crippen molar-refractivity contribution in [2.75, 3.05) is 18.0 Å². The molecule has 4 heterocycles. The highest BCUT2D eigenvalue weighted by molar-refractivity contribution is 6.99. The molecule has 1 aliphatic heterocycles. The summed E-state index contributed by atoms with van der Waals surface area (Å²) in [6.07, 6.45) is 7.32. The van der Waals surface area contributed by atoms with Gasteiger partial charge in [0.25, 0.3) is 5.56 Å². The number of piperidine rings is 1. The van der Waals surface area contributed by atoms with Gasteiger partial charge in [-0.1, -0.05) is 0 Å². The molecule has 0 unspecified atom stereocenters. The number of aromatic nitrogens is 5. The van der Waals surface area contributed by atoms with Crippen molar-refractivity contribution in [2.24, 2.45) is 5.92 Å². The zero-order valence-electron chi connectivity index (χ0n) is 13.7. The highest BCUT2D eigenvalue weighted by atomic mass is 32.1. The van der Waals surface area contributed by atoms with E-state index in [-0.39, 0.29) is 5.56 Å². The third kappa shape index (κ3) is 3.58.